The Kier molecular flexibility index (Phi) is 4.06. The standard InChI is InChI=1S/C10H9Cl2NO/c1-2-8(6-13)14-10-5-7(11)3-4-9(10)12/h3-5,8H,2H2,1H3. The monoisotopic (exact) mass is 229 g/mol. The van der Waals surface area contributed by atoms with Gasteiger partial charge >= 0.3 is 0 Å². The Hall–Kier alpha value is -0.910. The van der Waals surface area contributed by atoms with E-state index in [-0.39, 0.29) is 0 Å². The summed E-state index contributed by atoms with van der Waals surface area (Å²) in [6.07, 6.45) is 0.130. The molecular formula is C10H9Cl2NO. The summed E-state index contributed by atoms with van der Waals surface area (Å²) in [6.45, 7) is 1.87. The quantitative estimate of drug-likeness (QED) is 0.793. The highest BCUT2D eigenvalue weighted by molar-refractivity contribution is 6.34. The van der Waals surface area contributed by atoms with Gasteiger partial charge in [-0.15, -0.1) is 0 Å². The molecule has 0 amide bonds. The molecule has 0 aliphatic carbocycles. The van der Waals surface area contributed by atoms with Gasteiger partial charge in [-0.1, -0.05) is 30.1 Å². The van der Waals surface area contributed by atoms with Crippen LogP contribution in [0.25, 0.3) is 0 Å². The fourth-order valence-corrected chi connectivity index (χ4v) is 1.25. The van der Waals surface area contributed by atoms with Crippen LogP contribution in [-0.4, -0.2) is 6.10 Å². The van der Waals surface area contributed by atoms with Crippen molar-refractivity contribution in [2.24, 2.45) is 0 Å². The summed E-state index contributed by atoms with van der Waals surface area (Å²) in [4.78, 5) is 0. The van der Waals surface area contributed by atoms with Crippen molar-refractivity contribution in [1.29, 1.82) is 5.26 Å². The van der Waals surface area contributed by atoms with Gasteiger partial charge in [0.1, 0.15) is 11.8 Å². The summed E-state index contributed by atoms with van der Waals surface area (Å²) >= 11 is 11.6. The van der Waals surface area contributed by atoms with Crippen molar-refractivity contribution < 1.29 is 4.74 Å². The van der Waals surface area contributed by atoms with E-state index in [0.717, 1.165) is 0 Å². The van der Waals surface area contributed by atoms with Crippen LogP contribution < -0.4 is 4.74 Å². The third kappa shape index (κ3) is 2.80. The lowest BCUT2D eigenvalue weighted by Gasteiger charge is -2.11. The molecule has 0 aliphatic heterocycles. The van der Waals surface area contributed by atoms with Crippen LogP contribution >= 0.6 is 23.2 Å². The van der Waals surface area contributed by atoms with E-state index in [0.29, 0.717) is 22.2 Å². The van der Waals surface area contributed by atoms with Crippen LogP contribution in [0.4, 0.5) is 0 Å². The summed E-state index contributed by atoms with van der Waals surface area (Å²) in [5, 5.41) is 9.70. The van der Waals surface area contributed by atoms with Crippen LogP contribution in [0.1, 0.15) is 13.3 Å². The summed E-state index contributed by atoms with van der Waals surface area (Å²) < 4.78 is 5.35. The molecule has 14 heavy (non-hydrogen) atoms. The van der Waals surface area contributed by atoms with Gasteiger partial charge in [0.15, 0.2) is 6.10 Å². The van der Waals surface area contributed by atoms with E-state index in [1.54, 1.807) is 18.2 Å². The average molecular weight is 230 g/mol. The molecule has 0 radical (unpaired) electrons. The Bertz CT molecular complexity index is 360. The van der Waals surface area contributed by atoms with Crippen LogP contribution in [0.5, 0.6) is 5.75 Å². The topological polar surface area (TPSA) is 33.0 Å². The van der Waals surface area contributed by atoms with Crippen molar-refractivity contribution in [3.8, 4) is 11.8 Å². The number of hydrogen-bond acceptors (Lipinski definition) is 2. The van der Waals surface area contributed by atoms with Crippen LogP contribution in [0, 0.1) is 11.3 Å². The third-order valence-corrected chi connectivity index (χ3v) is 2.22. The zero-order valence-electron chi connectivity index (χ0n) is 7.63. The first-order chi connectivity index (χ1) is 6.67. The van der Waals surface area contributed by atoms with Gasteiger partial charge in [-0.05, 0) is 18.6 Å². The molecule has 0 fully saturated rings. The summed E-state index contributed by atoms with van der Waals surface area (Å²) in [5.74, 6) is 0.451. The van der Waals surface area contributed by atoms with Crippen molar-refractivity contribution in [1.82, 2.24) is 0 Å². The molecule has 4 heteroatoms. The number of benzene rings is 1. The Morgan fingerprint density at radius 2 is 2.21 bits per heavy atom. The lowest BCUT2D eigenvalue weighted by Crippen LogP contribution is -2.12. The van der Waals surface area contributed by atoms with Gasteiger partial charge in [-0.3, -0.25) is 0 Å². The Labute approximate surface area is 93.0 Å². The van der Waals surface area contributed by atoms with Gasteiger partial charge in [-0.25, -0.2) is 0 Å². The smallest absolute Gasteiger partial charge is 0.184 e. The highest BCUT2D eigenvalue weighted by atomic mass is 35.5. The van der Waals surface area contributed by atoms with Crippen molar-refractivity contribution in [2.45, 2.75) is 19.4 Å². The number of nitriles is 1. The van der Waals surface area contributed by atoms with E-state index in [2.05, 4.69) is 0 Å². The van der Waals surface area contributed by atoms with E-state index < -0.39 is 6.10 Å². The lowest BCUT2D eigenvalue weighted by atomic mass is 10.3. The molecule has 0 spiro atoms. The highest BCUT2D eigenvalue weighted by Gasteiger charge is 2.09. The van der Waals surface area contributed by atoms with Gasteiger partial charge in [-0.2, -0.15) is 5.26 Å². The zero-order chi connectivity index (χ0) is 10.6. The highest BCUT2D eigenvalue weighted by Crippen LogP contribution is 2.28. The summed E-state index contributed by atoms with van der Waals surface area (Å²) in [7, 11) is 0. The van der Waals surface area contributed by atoms with Crippen LogP contribution in [-0.2, 0) is 0 Å². The second kappa shape index (κ2) is 5.09. The minimum absolute atomic E-state index is 0.451. The molecule has 0 saturated heterocycles. The molecule has 0 aliphatic rings. The maximum atomic E-state index is 8.70. The predicted molar refractivity (Wildman–Crippen MR) is 56.8 cm³/mol. The number of ether oxygens (including phenoxy) is 1. The molecule has 0 bridgehead atoms. The van der Waals surface area contributed by atoms with E-state index in [1.807, 2.05) is 13.0 Å². The first-order valence-corrected chi connectivity index (χ1v) is 4.94. The molecule has 74 valence electrons. The van der Waals surface area contributed by atoms with Gasteiger partial charge in [0.05, 0.1) is 5.02 Å². The van der Waals surface area contributed by atoms with Crippen molar-refractivity contribution in [3.63, 3.8) is 0 Å². The number of rotatable bonds is 3. The van der Waals surface area contributed by atoms with Gasteiger partial charge in [0.25, 0.3) is 0 Å². The summed E-state index contributed by atoms with van der Waals surface area (Å²) in [6, 6.07) is 6.94. The van der Waals surface area contributed by atoms with Crippen LogP contribution in [0.15, 0.2) is 18.2 Å². The molecule has 0 aromatic heterocycles. The normalized spacial score (nSPS) is 11.9. The minimum Gasteiger partial charge on any atom is -0.474 e. The van der Waals surface area contributed by atoms with Crippen LogP contribution in [0.3, 0.4) is 0 Å². The zero-order valence-corrected chi connectivity index (χ0v) is 9.14. The van der Waals surface area contributed by atoms with Crippen molar-refractivity contribution in [3.05, 3.63) is 28.2 Å². The molecule has 0 N–H and O–H groups in total. The number of nitrogens with zero attached hydrogens (tertiary/aromatic N) is 1. The maximum Gasteiger partial charge on any atom is 0.184 e. The minimum atomic E-state index is -0.481. The van der Waals surface area contributed by atoms with E-state index >= 15 is 0 Å². The number of hydrogen-bond donors (Lipinski definition) is 0. The van der Waals surface area contributed by atoms with Crippen molar-refractivity contribution >= 4 is 23.2 Å². The largest absolute Gasteiger partial charge is 0.474 e. The van der Waals surface area contributed by atoms with Gasteiger partial charge < -0.3 is 4.74 Å². The Balaban J connectivity index is 2.86. The fraction of sp³-hybridized carbons (Fsp3) is 0.300. The molecule has 1 rings (SSSR count). The van der Waals surface area contributed by atoms with E-state index in [9.17, 15) is 0 Å². The SMILES string of the molecule is CCC(C#N)Oc1cc(Cl)ccc1Cl. The van der Waals surface area contributed by atoms with Gasteiger partial charge in [0, 0.05) is 11.1 Å². The first-order valence-electron chi connectivity index (χ1n) is 4.18. The molecule has 0 saturated carbocycles. The van der Waals surface area contributed by atoms with Crippen molar-refractivity contribution in [2.75, 3.05) is 0 Å². The lowest BCUT2D eigenvalue weighted by molar-refractivity contribution is 0.252. The molecule has 1 unspecified atom stereocenters. The summed E-state index contributed by atoms with van der Waals surface area (Å²) in [5.41, 5.74) is 0. The molecule has 0 heterocycles. The van der Waals surface area contributed by atoms with Gasteiger partial charge in [0.2, 0.25) is 0 Å². The fourth-order valence-electron chi connectivity index (χ4n) is 0.922. The molecule has 1 atom stereocenters. The Morgan fingerprint density at radius 1 is 1.50 bits per heavy atom. The first kappa shape index (κ1) is 11.2. The Morgan fingerprint density at radius 3 is 2.79 bits per heavy atom. The number of halogens is 2. The second-order valence-corrected chi connectivity index (χ2v) is 3.56. The van der Waals surface area contributed by atoms with E-state index in [4.69, 9.17) is 33.2 Å². The van der Waals surface area contributed by atoms with E-state index in [1.165, 1.54) is 0 Å². The predicted octanol–water partition coefficient (Wildman–Crippen LogP) is 3.67. The van der Waals surface area contributed by atoms with Crippen LogP contribution in [0.2, 0.25) is 10.0 Å². The molecule has 1 aromatic rings. The third-order valence-electron chi connectivity index (χ3n) is 1.68. The average Bonchev–Trinajstić information content (AvgIpc) is 2.19. The molecular weight excluding hydrogens is 221 g/mol. The molecule has 2 nitrogen and oxygen atoms in total. The maximum absolute atomic E-state index is 8.70. The second-order valence-electron chi connectivity index (χ2n) is 2.72. The molecule has 1 aromatic carbocycles.